The molecule has 3 heterocycles. The molecular formula is C125H79N9. The van der Waals surface area contributed by atoms with Gasteiger partial charge in [0.25, 0.3) is 0 Å². The first kappa shape index (κ1) is 79.4. The molecule has 26 rings (SSSR count). The molecule has 9 heteroatoms. The molecule has 23 aromatic carbocycles. The van der Waals surface area contributed by atoms with Gasteiger partial charge in [0.05, 0.1) is 0 Å². The van der Waals surface area contributed by atoms with Crippen LogP contribution in [-0.4, -0.2) is 44.9 Å². The van der Waals surface area contributed by atoms with Crippen molar-refractivity contribution in [1.82, 2.24) is 44.9 Å². The highest BCUT2D eigenvalue weighted by Crippen LogP contribution is 2.45. The zero-order valence-corrected chi connectivity index (χ0v) is 72.6. The van der Waals surface area contributed by atoms with Crippen molar-refractivity contribution in [3.05, 3.63) is 479 Å². The molecule has 0 radical (unpaired) electrons. The molecule has 3 aromatic heterocycles. The van der Waals surface area contributed by atoms with Gasteiger partial charge in [0.15, 0.2) is 52.4 Å². The molecule has 0 saturated carbocycles. The third kappa shape index (κ3) is 15.0. The highest BCUT2D eigenvalue weighted by Gasteiger charge is 2.22. The maximum Gasteiger partial charge on any atom is 0.164 e. The highest BCUT2D eigenvalue weighted by atomic mass is 15.1. The van der Waals surface area contributed by atoms with E-state index in [0.717, 1.165) is 77.4 Å². The van der Waals surface area contributed by atoms with Crippen molar-refractivity contribution >= 4 is 118 Å². The van der Waals surface area contributed by atoms with E-state index in [9.17, 15) is 0 Å². The number of benzene rings is 23. The Morgan fingerprint density at radius 3 is 0.694 bits per heavy atom. The SMILES string of the molecule is c1ccc(-c2nc(-c3ccc(-c4cccc5ccc6c7ccccc7ccc6c45)cc3)nc(-c3ccc4ccccc4c3)n2)cc1.c1ccc(-c2nc(-c3ccccc3)nc(-c3ccc(-c4cccc5ccc6c7ccccc7ccc6c45)c4ccccc34)n2)cc1.c1ccc(-c2nc(-c3ccccc3)nc(-c3ccc(-c4cccc5ccc6c7ccccc7ccc6c45)cc3)n2)cc1. The van der Waals surface area contributed by atoms with Gasteiger partial charge in [0.2, 0.25) is 0 Å². The number of rotatable bonds is 12. The Kier molecular flexibility index (Phi) is 20.4. The lowest BCUT2D eigenvalue weighted by atomic mass is 9.89. The molecular weight excluding hydrogens is 1630 g/mol. The molecule has 0 saturated heterocycles. The van der Waals surface area contributed by atoms with Gasteiger partial charge in [0, 0.05) is 50.1 Å². The molecule has 0 bridgehead atoms. The molecule has 0 fully saturated rings. The minimum Gasteiger partial charge on any atom is -0.208 e. The van der Waals surface area contributed by atoms with Gasteiger partial charge in [-0.05, 0) is 164 Å². The van der Waals surface area contributed by atoms with Crippen molar-refractivity contribution in [3.8, 4) is 136 Å². The van der Waals surface area contributed by atoms with Crippen molar-refractivity contribution in [1.29, 1.82) is 0 Å². The molecule has 0 aliphatic rings. The maximum absolute atomic E-state index is 5.05. The van der Waals surface area contributed by atoms with Crippen LogP contribution in [0.5, 0.6) is 0 Å². The average Bonchev–Trinajstić information content (AvgIpc) is 0.747. The van der Waals surface area contributed by atoms with Gasteiger partial charge in [-0.15, -0.1) is 0 Å². The van der Waals surface area contributed by atoms with Crippen LogP contribution in [-0.2, 0) is 0 Å². The van der Waals surface area contributed by atoms with Crippen molar-refractivity contribution in [2.45, 2.75) is 0 Å². The molecule has 0 amide bonds. The van der Waals surface area contributed by atoms with Crippen LogP contribution in [0.15, 0.2) is 479 Å². The fraction of sp³-hybridized carbons (Fsp3) is 0. The Bertz CT molecular complexity index is 8920. The Hall–Kier alpha value is -18.1. The number of nitrogens with zero attached hydrogens (tertiary/aromatic N) is 9. The molecule has 0 aliphatic carbocycles. The zero-order chi connectivity index (χ0) is 88.8. The van der Waals surface area contributed by atoms with E-state index >= 15 is 0 Å². The van der Waals surface area contributed by atoms with Gasteiger partial charge >= 0.3 is 0 Å². The average molecular weight is 1710 g/mol. The Morgan fingerprint density at radius 1 is 0.0970 bits per heavy atom. The van der Waals surface area contributed by atoms with Crippen molar-refractivity contribution in [2.75, 3.05) is 0 Å². The molecule has 624 valence electrons. The van der Waals surface area contributed by atoms with E-state index in [1.807, 2.05) is 152 Å². The quantitative estimate of drug-likeness (QED) is 0.110. The molecule has 0 atom stereocenters. The van der Waals surface area contributed by atoms with Crippen LogP contribution in [0.1, 0.15) is 0 Å². The predicted molar refractivity (Wildman–Crippen MR) is 557 cm³/mol. The second kappa shape index (κ2) is 34.5. The van der Waals surface area contributed by atoms with E-state index in [0.29, 0.717) is 52.4 Å². The van der Waals surface area contributed by atoms with E-state index in [1.54, 1.807) is 0 Å². The molecule has 9 nitrogen and oxygen atoms in total. The van der Waals surface area contributed by atoms with E-state index in [4.69, 9.17) is 44.9 Å². The minimum atomic E-state index is 0.651. The van der Waals surface area contributed by atoms with Crippen LogP contribution in [0, 0.1) is 0 Å². The predicted octanol–water partition coefficient (Wildman–Crippen LogP) is 32.3. The highest BCUT2D eigenvalue weighted by molar-refractivity contribution is 6.25. The van der Waals surface area contributed by atoms with Gasteiger partial charge in [-0.3, -0.25) is 0 Å². The summed E-state index contributed by atoms with van der Waals surface area (Å²) in [5.74, 6) is 5.92. The first-order valence-corrected chi connectivity index (χ1v) is 45.2. The number of fused-ring (bicyclic) bond motifs is 17. The summed E-state index contributed by atoms with van der Waals surface area (Å²) in [6, 6.07) is 168. The lowest BCUT2D eigenvalue weighted by molar-refractivity contribution is 1.07. The van der Waals surface area contributed by atoms with E-state index in [1.165, 1.54) is 125 Å². The van der Waals surface area contributed by atoms with Crippen molar-refractivity contribution in [2.24, 2.45) is 0 Å². The van der Waals surface area contributed by atoms with Gasteiger partial charge in [-0.2, -0.15) is 0 Å². The van der Waals surface area contributed by atoms with Gasteiger partial charge < -0.3 is 0 Å². The first-order valence-electron chi connectivity index (χ1n) is 45.2. The largest absolute Gasteiger partial charge is 0.208 e. The molecule has 26 aromatic rings. The Labute approximate surface area is 773 Å². The molecule has 134 heavy (non-hydrogen) atoms. The van der Waals surface area contributed by atoms with Crippen molar-refractivity contribution < 1.29 is 0 Å². The summed E-state index contributed by atoms with van der Waals surface area (Å²) >= 11 is 0. The van der Waals surface area contributed by atoms with E-state index in [2.05, 4.69) is 328 Å². The van der Waals surface area contributed by atoms with Crippen LogP contribution < -0.4 is 0 Å². The Morgan fingerprint density at radius 2 is 0.328 bits per heavy atom. The summed E-state index contributed by atoms with van der Waals surface area (Å²) in [5.41, 5.74) is 15.8. The summed E-state index contributed by atoms with van der Waals surface area (Å²) in [5, 5.41) is 27.3. The van der Waals surface area contributed by atoms with Gasteiger partial charge in [-0.25, -0.2) is 44.9 Å². The zero-order valence-electron chi connectivity index (χ0n) is 72.6. The topological polar surface area (TPSA) is 116 Å². The molecule has 0 spiro atoms. The van der Waals surface area contributed by atoms with E-state index in [-0.39, 0.29) is 0 Å². The van der Waals surface area contributed by atoms with Gasteiger partial charge in [-0.1, -0.05) is 467 Å². The summed E-state index contributed by atoms with van der Waals surface area (Å²) in [6.07, 6.45) is 0. The van der Waals surface area contributed by atoms with Crippen LogP contribution in [0.3, 0.4) is 0 Å². The van der Waals surface area contributed by atoms with Gasteiger partial charge in [0.1, 0.15) is 0 Å². The summed E-state index contributed by atoms with van der Waals surface area (Å²) in [4.78, 5) is 44.5. The fourth-order valence-electron chi connectivity index (χ4n) is 19.2. The smallest absolute Gasteiger partial charge is 0.164 e. The van der Waals surface area contributed by atoms with Crippen LogP contribution in [0.4, 0.5) is 0 Å². The number of hydrogen-bond acceptors (Lipinski definition) is 9. The molecule has 0 N–H and O–H groups in total. The molecule has 0 aliphatic heterocycles. The summed E-state index contributed by atoms with van der Waals surface area (Å²) < 4.78 is 0. The first-order chi connectivity index (χ1) is 66.4. The summed E-state index contributed by atoms with van der Waals surface area (Å²) in [7, 11) is 0. The van der Waals surface area contributed by atoms with E-state index < -0.39 is 0 Å². The third-order valence-corrected chi connectivity index (χ3v) is 25.7. The monoisotopic (exact) mass is 1710 g/mol. The molecule has 0 unspecified atom stereocenters. The number of hydrogen-bond donors (Lipinski definition) is 0. The second-order valence-corrected chi connectivity index (χ2v) is 33.7. The van der Waals surface area contributed by atoms with Crippen LogP contribution >= 0.6 is 0 Å². The fourth-order valence-corrected chi connectivity index (χ4v) is 19.2. The van der Waals surface area contributed by atoms with Crippen molar-refractivity contribution in [3.63, 3.8) is 0 Å². The normalized spacial score (nSPS) is 11.4. The van der Waals surface area contributed by atoms with Crippen LogP contribution in [0.2, 0.25) is 0 Å². The minimum absolute atomic E-state index is 0.651. The Balaban J connectivity index is 0.000000111. The van der Waals surface area contributed by atoms with Crippen LogP contribution in [0.25, 0.3) is 254 Å². The second-order valence-electron chi connectivity index (χ2n) is 33.7. The summed E-state index contributed by atoms with van der Waals surface area (Å²) in [6.45, 7) is 0. The standard InChI is InChI=1S/2C43H27N3.C39H25N3/c1-3-13-30(14-4-1)41-44-42(31-15-5-2-6-16-31)46-43(45-41)39-27-26-36(33-19-9-10-20-34(33)39)37-21-11-17-29-23-24-35-32-18-8-7-12-28(32)22-25-38(35)40(29)37;1-2-11-32(12-3-1)41-44-42(46-43(45-41)35-22-17-28-9-4-5-13-34(28)27-35)33-20-18-30(19-21-33)37-16-8-14-31-24-25-38-36-15-7-6-10-29(36)23-26-39(38)40(31)37;1-3-11-29(12-4-1)37-40-38(30-13-5-2-6-14-30)42-39(41-37)31-20-18-27(19-21-31)33-17-9-15-28-23-24-34-32-16-8-7-10-26(32)22-25-35(34)36(28)33/h2*1-27H;1-25H. The maximum atomic E-state index is 5.05. The lowest BCUT2D eigenvalue weighted by Crippen LogP contribution is -2.00. The lowest BCUT2D eigenvalue weighted by Gasteiger charge is -2.16. The number of aromatic nitrogens is 9. The third-order valence-electron chi connectivity index (χ3n) is 25.7.